The quantitative estimate of drug-likeness (QED) is 0.0870. The van der Waals surface area contributed by atoms with Crippen molar-refractivity contribution in [1.82, 2.24) is 26.8 Å². The lowest BCUT2D eigenvalue weighted by Gasteiger charge is -2.36. The Hall–Kier alpha value is -2.93. The molecule has 0 aliphatic carbocycles. The van der Waals surface area contributed by atoms with Gasteiger partial charge in [-0.25, -0.2) is 15.0 Å². The fourth-order valence-corrected chi connectivity index (χ4v) is 3.97. The van der Waals surface area contributed by atoms with Crippen LogP contribution in [0.15, 0.2) is 24.3 Å². The van der Waals surface area contributed by atoms with E-state index < -0.39 is 78.5 Å². The van der Waals surface area contributed by atoms with E-state index >= 15 is 0 Å². The highest BCUT2D eigenvalue weighted by atomic mass is 127. The Labute approximate surface area is 253 Å². The largest absolute Gasteiger partial charge is 0.465 e. The molecule has 0 heterocycles. The summed E-state index contributed by atoms with van der Waals surface area (Å²) in [6.07, 6.45) is -9.41. The highest BCUT2D eigenvalue weighted by Gasteiger charge is 2.56. The number of alkyl halides is 4. The van der Waals surface area contributed by atoms with Crippen LogP contribution in [0.25, 0.3) is 0 Å². The minimum Gasteiger partial charge on any atom is -0.465 e. The van der Waals surface area contributed by atoms with E-state index in [1.54, 1.807) is 24.3 Å². The van der Waals surface area contributed by atoms with Crippen LogP contribution in [0.4, 0.5) is 27.2 Å². The summed E-state index contributed by atoms with van der Waals surface area (Å²) in [6, 6.07) is 1.88. The van der Waals surface area contributed by atoms with Gasteiger partial charge in [0.15, 0.2) is 0 Å². The molecule has 0 aliphatic rings. The third-order valence-corrected chi connectivity index (χ3v) is 7.22. The zero-order chi connectivity index (χ0) is 32.5. The number of halogens is 5. The minimum atomic E-state index is -4.93. The number of carbonyl (C=O) groups excluding carboxylic acids is 3. The number of nitrogens with one attached hydrogen (secondary N) is 5. The first-order valence-corrected chi connectivity index (χ1v) is 13.6. The third kappa shape index (κ3) is 10.7. The summed E-state index contributed by atoms with van der Waals surface area (Å²) in [6.45, 7) is 2.54. The van der Waals surface area contributed by atoms with Gasteiger partial charge in [0.1, 0.15) is 12.1 Å². The maximum absolute atomic E-state index is 13.8. The fraction of sp³-hybridized carbons (Fsp3) is 0.600. The summed E-state index contributed by atoms with van der Waals surface area (Å²) < 4.78 is 60.2. The molecule has 12 nitrogen and oxygen atoms in total. The van der Waals surface area contributed by atoms with Crippen LogP contribution in [0.1, 0.15) is 33.3 Å². The van der Waals surface area contributed by atoms with Crippen molar-refractivity contribution in [2.75, 3.05) is 20.3 Å². The zero-order valence-corrected chi connectivity index (χ0v) is 25.7. The average molecular weight is 721 g/mol. The number of carbonyl (C=O) groups is 4. The molecule has 0 spiro atoms. The second-order valence-electron chi connectivity index (χ2n) is 10.7. The Bertz CT molecular complexity index is 1090. The number of benzene rings is 1. The van der Waals surface area contributed by atoms with Crippen molar-refractivity contribution in [3.63, 3.8) is 0 Å². The molecule has 1 rings (SSSR count). The molecule has 0 saturated heterocycles. The predicted octanol–water partition coefficient (Wildman–Crippen LogP) is 2.25. The molecule has 4 amide bonds. The van der Waals surface area contributed by atoms with Crippen LogP contribution in [0.2, 0.25) is 0 Å². The second-order valence-corrected chi connectivity index (χ2v) is 11.9. The van der Waals surface area contributed by atoms with Crippen LogP contribution >= 0.6 is 22.6 Å². The number of hydrogen-bond donors (Lipinski definition) is 7. The van der Waals surface area contributed by atoms with Gasteiger partial charge in [-0.05, 0) is 60.6 Å². The number of aliphatic hydroxyl groups excluding tert-OH is 1. The summed E-state index contributed by atoms with van der Waals surface area (Å²) in [5.41, 5.74) is 0.941. The number of rotatable bonds is 14. The third-order valence-electron chi connectivity index (χ3n) is 6.50. The topological polar surface area (TPSA) is 178 Å². The van der Waals surface area contributed by atoms with Gasteiger partial charge in [-0.2, -0.15) is 13.2 Å². The van der Waals surface area contributed by atoms with Crippen molar-refractivity contribution in [3.05, 3.63) is 33.4 Å². The van der Waals surface area contributed by atoms with Crippen molar-refractivity contribution in [2.24, 2.45) is 10.8 Å². The number of aliphatic hydroxyl groups is 1. The first-order chi connectivity index (χ1) is 19.3. The Morgan fingerprint density at radius 3 is 2.00 bits per heavy atom. The van der Waals surface area contributed by atoms with E-state index in [0.29, 0.717) is 5.56 Å². The van der Waals surface area contributed by atoms with Crippen molar-refractivity contribution >= 4 is 46.6 Å². The monoisotopic (exact) mass is 721 g/mol. The minimum absolute atomic E-state index is 0.0745. The Morgan fingerprint density at radius 2 is 1.52 bits per heavy atom. The van der Waals surface area contributed by atoms with Crippen molar-refractivity contribution in [2.45, 2.75) is 64.5 Å². The highest BCUT2D eigenvalue weighted by Crippen LogP contribution is 2.40. The van der Waals surface area contributed by atoms with Crippen LogP contribution in [0.3, 0.4) is 0 Å². The number of ether oxygens (including phenoxy) is 1. The molecule has 17 heteroatoms. The molecule has 4 atom stereocenters. The van der Waals surface area contributed by atoms with Gasteiger partial charge in [0, 0.05) is 15.5 Å². The van der Waals surface area contributed by atoms with Gasteiger partial charge < -0.3 is 30.9 Å². The molecule has 1 aromatic carbocycles. The van der Waals surface area contributed by atoms with Gasteiger partial charge in [-0.3, -0.25) is 19.4 Å². The maximum Gasteiger partial charge on any atom is 0.407 e. The summed E-state index contributed by atoms with van der Waals surface area (Å²) in [4.78, 5) is 48.7. The standard InChI is InChI=1S/C25H36F4IN5O7/c1-23(2,12-26)17(33-21(39)40)20(38)35-31-11-16(36)15(10-13-6-8-14(30)9-7-13)32-19(37)18(34-22(41)42-5)24(3,4)25(27,28)29/h6-9,15-18,31,33,36H,10-12H2,1-5H3,(H,32,37)(H,34,41)(H,35,38)(H,39,40)/t15-,16-,17+,18+/m0/s1. The number of carboxylic acid groups (broad SMARTS) is 1. The number of hydrazine groups is 1. The van der Waals surface area contributed by atoms with E-state index in [0.717, 1.165) is 24.5 Å². The van der Waals surface area contributed by atoms with Crippen molar-refractivity contribution < 1.29 is 51.7 Å². The molecule has 0 aliphatic heterocycles. The number of alkyl carbamates (subject to hydrolysis) is 1. The first kappa shape index (κ1) is 37.1. The molecule has 42 heavy (non-hydrogen) atoms. The smallest absolute Gasteiger partial charge is 0.407 e. The van der Waals surface area contributed by atoms with Gasteiger partial charge in [0.2, 0.25) is 5.91 Å². The molecule has 238 valence electrons. The van der Waals surface area contributed by atoms with E-state index in [1.165, 1.54) is 13.8 Å². The summed E-state index contributed by atoms with van der Waals surface area (Å²) in [5.74, 6) is -2.24. The highest BCUT2D eigenvalue weighted by molar-refractivity contribution is 14.1. The van der Waals surface area contributed by atoms with Crippen LogP contribution < -0.4 is 26.8 Å². The lowest BCUT2D eigenvalue weighted by molar-refractivity contribution is -0.220. The molecule has 0 bridgehead atoms. The van der Waals surface area contributed by atoms with E-state index in [2.05, 4.69) is 43.5 Å². The Morgan fingerprint density at radius 1 is 0.952 bits per heavy atom. The van der Waals surface area contributed by atoms with E-state index in [4.69, 9.17) is 5.11 Å². The molecular formula is C25H36F4IN5O7. The Balaban J connectivity index is 3.20. The fourth-order valence-electron chi connectivity index (χ4n) is 3.61. The van der Waals surface area contributed by atoms with E-state index in [9.17, 15) is 41.8 Å². The van der Waals surface area contributed by atoms with Gasteiger partial charge >= 0.3 is 18.4 Å². The summed E-state index contributed by atoms with van der Waals surface area (Å²) in [5, 5.41) is 26.1. The number of amides is 4. The summed E-state index contributed by atoms with van der Waals surface area (Å²) in [7, 11) is 0.916. The van der Waals surface area contributed by atoms with Gasteiger partial charge in [-0.1, -0.05) is 26.0 Å². The molecule has 0 fully saturated rings. The molecular weight excluding hydrogens is 685 g/mol. The van der Waals surface area contributed by atoms with Crippen molar-refractivity contribution in [3.8, 4) is 0 Å². The Kier molecular flexibility index (Phi) is 13.7. The molecule has 0 aromatic heterocycles. The van der Waals surface area contributed by atoms with Crippen LogP contribution in [-0.4, -0.2) is 84.9 Å². The van der Waals surface area contributed by atoms with Crippen LogP contribution in [0, 0.1) is 14.4 Å². The van der Waals surface area contributed by atoms with E-state index in [1.807, 2.05) is 10.6 Å². The lowest BCUT2D eigenvalue weighted by atomic mass is 9.82. The van der Waals surface area contributed by atoms with Crippen LogP contribution in [-0.2, 0) is 20.7 Å². The van der Waals surface area contributed by atoms with Gasteiger partial charge in [-0.15, -0.1) is 0 Å². The predicted molar refractivity (Wildman–Crippen MR) is 151 cm³/mol. The van der Waals surface area contributed by atoms with Crippen molar-refractivity contribution in [1.29, 1.82) is 0 Å². The average Bonchev–Trinajstić information content (AvgIpc) is 2.89. The molecule has 7 N–H and O–H groups in total. The molecule has 0 radical (unpaired) electrons. The molecule has 1 aromatic rings. The summed E-state index contributed by atoms with van der Waals surface area (Å²) >= 11 is 2.05. The van der Waals surface area contributed by atoms with Crippen LogP contribution in [0.5, 0.6) is 0 Å². The van der Waals surface area contributed by atoms with Gasteiger partial charge in [0.25, 0.3) is 5.91 Å². The zero-order valence-electron chi connectivity index (χ0n) is 23.6. The molecule has 0 unspecified atom stereocenters. The lowest BCUT2D eigenvalue weighted by Crippen LogP contribution is -2.62. The van der Waals surface area contributed by atoms with Gasteiger partial charge in [0.05, 0.1) is 31.3 Å². The normalized spacial score (nSPS) is 15.0. The molecule has 0 saturated carbocycles. The number of hydrogen-bond acceptors (Lipinski definition) is 7. The SMILES string of the molecule is COC(=O)N[C@H](C(=O)N[C@@H](Cc1ccc(I)cc1)[C@@H](O)CNNC(=O)[C@@H](NC(=O)O)C(C)(C)CF)C(C)(C)C(F)(F)F. The second kappa shape index (κ2) is 15.5. The number of methoxy groups -OCH3 is 1. The van der Waals surface area contributed by atoms with E-state index in [-0.39, 0.29) is 6.42 Å². The first-order valence-electron chi connectivity index (χ1n) is 12.5. The maximum atomic E-state index is 13.8.